The number of hydrogen-bond donors (Lipinski definition) is 0. The van der Waals surface area contributed by atoms with Crippen LogP contribution in [0, 0.1) is 25.5 Å². The van der Waals surface area contributed by atoms with Gasteiger partial charge in [0.05, 0.1) is 22.6 Å². The quantitative estimate of drug-likeness (QED) is 0.169. The molecule has 0 amide bonds. The van der Waals surface area contributed by atoms with Crippen LogP contribution in [0.2, 0.25) is 0 Å². The summed E-state index contributed by atoms with van der Waals surface area (Å²) in [6, 6.07) is 16.3. The summed E-state index contributed by atoms with van der Waals surface area (Å²) < 4.78 is 137. The molecule has 0 spiro atoms. The normalized spacial score (nSPS) is 15.7. The van der Waals surface area contributed by atoms with E-state index < -0.39 is 56.5 Å². The molecule has 2 aliphatic carbocycles. The van der Waals surface area contributed by atoms with Crippen molar-refractivity contribution in [1.29, 1.82) is 0 Å². The summed E-state index contributed by atoms with van der Waals surface area (Å²) in [5, 5.41) is 0. The van der Waals surface area contributed by atoms with Gasteiger partial charge in [0.2, 0.25) is 0 Å². The minimum atomic E-state index is -4.47. The molecular weight excluding hydrogens is 696 g/mol. The molecule has 2 aliphatic rings. The number of hydrogen-bond acceptors (Lipinski definition) is 2. The maximum absolute atomic E-state index is 15.4. The van der Waals surface area contributed by atoms with E-state index in [9.17, 15) is 34.8 Å². The first-order valence-electron chi connectivity index (χ1n) is 16.5. The van der Waals surface area contributed by atoms with E-state index in [4.69, 9.17) is 0 Å². The lowest BCUT2D eigenvalue weighted by Crippen LogP contribution is -2.10. The molecule has 0 aliphatic heterocycles. The van der Waals surface area contributed by atoms with E-state index in [0.29, 0.717) is 47.9 Å². The van der Waals surface area contributed by atoms with Crippen LogP contribution >= 0.6 is 0 Å². The molecule has 51 heavy (non-hydrogen) atoms. The Hall–Kier alpha value is -4.25. The van der Waals surface area contributed by atoms with Gasteiger partial charge in [-0.1, -0.05) is 48.5 Å². The lowest BCUT2D eigenvalue weighted by atomic mass is 9.94. The summed E-state index contributed by atoms with van der Waals surface area (Å²) in [6.45, 7) is 2.79. The van der Waals surface area contributed by atoms with Gasteiger partial charge in [-0.3, -0.25) is 0 Å². The van der Waals surface area contributed by atoms with Crippen LogP contribution in [0.3, 0.4) is 0 Å². The van der Waals surface area contributed by atoms with E-state index in [0.717, 1.165) is 47.3 Å². The van der Waals surface area contributed by atoms with Crippen LogP contribution in [0.4, 0.5) is 35.1 Å². The number of rotatable bonds is 8. The molecule has 0 fully saturated rings. The first-order chi connectivity index (χ1) is 23.9. The van der Waals surface area contributed by atoms with Crippen LogP contribution in [0.25, 0.3) is 22.3 Å². The van der Waals surface area contributed by atoms with Crippen LogP contribution in [0.5, 0.6) is 0 Å². The number of allylic oxidation sites excluding steroid dienone is 4. The first kappa shape index (κ1) is 36.5. The molecule has 0 saturated heterocycles. The molecule has 0 unspecified atom stereocenters. The minimum absolute atomic E-state index is 0.0881. The van der Waals surface area contributed by atoms with Crippen molar-refractivity contribution in [1.82, 2.24) is 0 Å². The highest BCUT2D eigenvalue weighted by atomic mass is 32.2. The zero-order chi connectivity index (χ0) is 36.9. The van der Waals surface area contributed by atoms with E-state index in [-0.39, 0.29) is 22.3 Å². The predicted molar refractivity (Wildman–Crippen MR) is 183 cm³/mol. The Morgan fingerprint density at radius 3 is 1.12 bits per heavy atom. The number of alkyl halides is 6. The molecule has 0 radical (unpaired) electrons. The fourth-order valence-electron chi connectivity index (χ4n) is 7.33. The summed E-state index contributed by atoms with van der Waals surface area (Å²) in [4.78, 5) is 0. The predicted octanol–water partition coefficient (Wildman–Crippen LogP) is 11.9. The monoisotopic (exact) mass is 730 g/mol. The van der Waals surface area contributed by atoms with Gasteiger partial charge in [-0.2, -0.15) is 26.3 Å². The lowest BCUT2D eigenvalue weighted by Gasteiger charge is -2.15. The fraction of sp³-hybridized carbons (Fsp3) is 0.300. The average molecular weight is 731 g/mol. The lowest BCUT2D eigenvalue weighted by molar-refractivity contribution is -0.138. The number of halogens is 8. The minimum Gasteiger partial charge on any atom is -0.228 e. The summed E-state index contributed by atoms with van der Waals surface area (Å²) in [5.74, 6) is -2.86. The molecule has 4 aromatic carbocycles. The average Bonchev–Trinajstić information content (AvgIpc) is 3.72. The van der Waals surface area contributed by atoms with Crippen molar-refractivity contribution in [2.45, 2.75) is 76.2 Å². The molecule has 0 saturated carbocycles. The Morgan fingerprint density at radius 1 is 0.510 bits per heavy atom. The molecule has 0 bridgehead atoms. The Balaban J connectivity index is 1.19. The second kappa shape index (κ2) is 13.7. The molecule has 2 nitrogen and oxygen atoms in total. The smallest absolute Gasteiger partial charge is 0.228 e. The summed E-state index contributed by atoms with van der Waals surface area (Å²) in [5.41, 5.74) is 4.08. The maximum atomic E-state index is 15.4. The highest BCUT2D eigenvalue weighted by Gasteiger charge is 2.34. The van der Waals surface area contributed by atoms with Crippen molar-refractivity contribution in [2.75, 3.05) is 0 Å². The zero-order valence-corrected chi connectivity index (χ0v) is 28.7. The van der Waals surface area contributed by atoms with Gasteiger partial charge >= 0.3 is 12.4 Å². The molecule has 6 rings (SSSR count). The van der Waals surface area contributed by atoms with E-state index in [1.54, 1.807) is 12.1 Å². The molecule has 268 valence electrons. The third-order valence-corrected chi connectivity index (χ3v) is 11.3. The number of aryl methyl sites for hydroxylation is 2. The summed E-state index contributed by atoms with van der Waals surface area (Å²) >= 11 is 0. The van der Waals surface area contributed by atoms with Gasteiger partial charge in [-0.05, 0) is 132 Å². The molecule has 0 atom stereocenters. The fourth-order valence-corrected chi connectivity index (χ4v) is 8.85. The van der Waals surface area contributed by atoms with Crippen molar-refractivity contribution in [3.63, 3.8) is 0 Å². The highest BCUT2D eigenvalue weighted by molar-refractivity contribution is 7.89. The SMILES string of the molecule is Cc1cc(C2=C(c3ccc(CS(=O)(=O)Cc4ccc(C5=C(c6ccc(C(F)(F)F)c(C)c6)CCC5)cc4F)c(F)c3)CCC2)ccc1C(F)(F)F. The Morgan fingerprint density at radius 2 is 0.824 bits per heavy atom. The van der Waals surface area contributed by atoms with Gasteiger partial charge < -0.3 is 0 Å². The van der Waals surface area contributed by atoms with Crippen molar-refractivity contribution in [3.8, 4) is 0 Å². The van der Waals surface area contributed by atoms with Gasteiger partial charge in [0.25, 0.3) is 0 Å². The number of sulfone groups is 1. The molecule has 11 heteroatoms. The second-order valence-electron chi connectivity index (χ2n) is 13.3. The topological polar surface area (TPSA) is 34.1 Å². The van der Waals surface area contributed by atoms with Crippen LogP contribution in [-0.4, -0.2) is 8.42 Å². The van der Waals surface area contributed by atoms with E-state index in [1.165, 1.54) is 62.4 Å². The van der Waals surface area contributed by atoms with Crippen LogP contribution < -0.4 is 0 Å². The largest absolute Gasteiger partial charge is 0.416 e. The van der Waals surface area contributed by atoms with Crippen molar-refractivity contribution in [3.05, 3.63) is 140 Å². The van der Waals surface area contributed by atoms with Gasteiger partial charge in [0.15, 0.2) is 9.84 Å². The van der Waals surface area contributed by atoms with Gasteiger partial charge in [0, 0.05) is 11.1 Å². The summed E-state index contributed by atoms with van der Waals surface area (Å²) in [6.07, 6.45) is -5.08. The van der Waals surface area contributed by atoms with Crippen LogP contribution in [0.15, 0.2) is 72.8 Å². The molecular formula is C40H34F8O2S. The Labute approximate surface area is 291 Å². The van der Waals surface area contributed by atoms with Gasteiger partial charge in [-0.15, -0.1) is 0 Å². The number of benzene rings is 4. The Kier molecular flexibility index (Phi) is 9.82. The first-order valence-corrected chi connectivity index (χ1v) is 18.3. The third kappa shape index (κ3) is 7.83. The third-order valence-electron chi connectivity index (χ3n) is 9.75. The second-order valence-corrected chi connectivity index (χ2v) is 15.4. The zero-order valence-electron chi connectivity index (χ0n) is 27.8. The highest BCUT2D eigenvalue weighted by Crippen LogP contribution is 2.43. The van der Waals surface area contributed by atoms with Crippen molar-refractivity contribution < 1.29 is 43.5 Å². The van der Waals surface area contributed by atoms with E-state index >= 15 is 8.78 Å². The molecule has 0 N–H and O–H groups in total. The van der Waals surface area contributed by atoms with Crippen molar-refractivity contribution >= 4 is 32.1 Å². The summed E-state index contributed by atoms with van der Waals surface area (Å²) in [7, 11) is -4.03. The van der Waals surface area contributed by atoms with Crippen LogP contribution in [0.1, 0.15) is 94.2 Å². The van der Waals surface area contributed by atoms with Crippen LogP contribution in [-0.2, 0) is 33.7 Å². The molecule has 0 heterocycles. The van der Waals surface area contributed by atoms with E-state index in [1.807, 2.05) is 0 Å². The Bertz CT molecular complexity index is 2040. The van der Waals surface area contributed by atoms with Gasteiger partial charge in [0.1, 0.15) is 11.6 Å². The van der Waals surface area contributed by atoms with E-state index in [2.05, 4.69) is 0 Å². The van der Waals surface area contributed by atoms with Crippen molar-refractivity contribution in [2.24, 2.45) is 0 Å². The maximum Gasteiger partial charge on any atom is 0.416 e. The van der Waals surface area contributed by atoms with Gasteiger partial charge in [-0.25, -0.2) is 17.2 Å². The standard InChI is InChI=1S/C40H34F8O2S/c1-23-17-25(13-15-35(23)39(43,44)45)31-5-3-7-33(31)27-9-11-29(37(41)19-27)21-51(49,50)22-30-12-10-28(20-38(30)42)34-8-4-6-32(34)26-14-16-36(24(2)18-26)40(46,47)48/h9-20H,3-8,21-22H2,1-2H3. The molecule has 4 aromatic rings. The molecule has 0 aromatic heterocycles.